The number of halogens is 4. The highest BCUT2D eigenvalue weighted by atomic mass is 35.5. The van der Waals surface area contributed by atoms with E-state index in [2.05, 4.69) is 17.2 Å². The molecule has 1 aliphatic carbocycles. The average molecular weight is 450 g/mol. The smallest absolute Gasteiger partial charge is 0.349 e. The summed E-state index contributed by atoms with van der Waals surface area (Å²) in [6, 6.07) is 6.86. The lowest BCUT2D eigenvalue weighted by molar-refractivity contribution is -0.137. The lowest BCUT2D eigenvalue weighted by atomic mass is 9.81. The number of nitrogens with one attached hydrogen (secondary N) is 1. The number of carbonyl (C=O) groups excluding carboxylic acids is 1. The molecule has 1 aromatic heterocycles. The van der Waals surface area contributed by atoms with Crippen molar-refractivity contribution in [3.63, 3.8) is 0 Å². The number of benzene rings is 1. The van der Waals surface area contributed by atoms with Gasteiger partial charge in [-0.3, -0.25) is 9.79 Å². The van der Waals surface area contributed by atoms with Gasteiger partial charge >= 0.3 is 6.18 Å². The van der Waals surface area contributed by atoms with Crippen LogP contribution in [0.1, 0.15) is 54.9 Å². The summed E-state index contributed by atoms with van der Waals surface area (Å²) in [6.07, 6.45) is 1.61. The molecule has 2 aromatic rings. The van der Waals surface area contributed by atoms with Gasteiger partial charge < -0.3 is 5.32 Å². The molecule has 0 bridgehead atoms. The third-order valence-corrected chi connectivity index (χ3v) is 6.60. The van der Waals surface area contributed by atoms with Crippen LogP contribution in [-0.4, -0.2) is 23.0 Å². The van der Waals surface area contributed by atoms with E-state index in [0.717, 1.165) is 61.0 Å². The summed E-state index contributed by atoms with van der Waals surface area (Å²) < 4.78 is 38.9. The van der Waals surface area contributed by atoms with Crippen molar-refractivity contribution in [1.82, 2.24) is 10.3 Å². The molecule has 164 valence electrons. The SMILES string of the molecule is CC1=c2cccnc2=NC1CC1CCC(NC(=O)c2cc(C(F)(F)F)ccc2Cl)CC1. The minimum atomic E-state index is -4.52. The standard InChI is InChI=1S/C23H23ClF3N3O/c1-13-17-3-2-10-28-21(17)30-20(13)11-14-4-7-16(8-5-14)29-22(31)18-12-15(23(25,26)27)6-9-19(18)24/h2-3,6,9-10,12,14,16,20H,4-5,7-8,11H2,1H3,(H,29,31). The molecule has 1 aromatic carbocycles. The van der Waals surface area contributed by atoms with Gasteiger partial charge in [0.05, 0.1) is 22.2 Å². The van der Waals surface area contributed by atoms with E-state index in [1.807, 2.05) is 12.1 Å². The summed E-state index contributed by atoms with van der Waals surface area (Å²) in [7, 11) is 0. The fourth-order valence-electron chi connectivity index (χ4n) is 4.46. The number of nitrogens with zero attached hydrogens (tertiary/aromatic N) is 2. The summed E-state index contributed by atoms with van der Waals surface area (Å²) in [6.45, 7) is 2.10. The first kappa shape index (κ1) is 21.8. The molecular formula is C23H23ClF3N3O. The second-order valence-corrected chi connectivity index (χ2v) is 8.73. The first-order chi connectivity index (χ1) is 14.7. The van der Waals surface area contributed by atoms with Gasteiger partial charge in [0.1, 0.15) is 0 Å². The highest BCUT2D eigenvalue weighted by Crippen LogP contribution is 2.33. The minimum Gasteiger partial charge on any atom is -0.349 e. The molecule has 0 radical (unpaired) electrons. The molecule has 1 aliphatic heterocycles. The number of rotatable bonds is 4. The molecule has 31 heavy (non-hydrogen) atoms. The highest BCUT2D eigenvalue weighted by Gasteiger charge is 2.32. The van der Waals surface area contributed by atoms with Crippen LogP contribution in [0.25, 0.3) is 5.57 Å². The van der Waals surface area contributed by atoms with E-state index in [-0.39, 0.29) is 22.7 Å². The zero-order valence-electron chi connectivity index (χ0n) is 17.0. The number of hydrogen-bond donors (Lipinski definition) is 1. The Labute approximate surface area is 183 Å². The van der Waals surface area contributed by atoms with Crippen molar-refractivity contribution in [3.8, 4) is 0 Å². The predicted octanol–water partition coefficient (Wildman–Crippen LogP) is 4.31. The van der Waals surface area contributed by atoms with Crippen LogP contribution in [-0.2, 0) is 6.18 Å². The Kier molecular flexibility index (Phi) is 6.06. The van der Waals surface area contributed by atoms with Crippen LogP contribution in [0.2, 0.25) is 5.02 Å². The Morgan fingerprint density at radius 2 is 1.94 bits per heavy atom. The summed E-state index contributed by atoms with van der Waals surface area (Å²) in [5.41, 5.74) is 1.04. The van der Waals surface area contributed by atoms with E-state index in [1.54, 1.807) is 6.20 Å². The van der Waals surface area contributed by atoms with Gasteiger partial charge in [0.15, 0.2) is 5.49 Å². The van der Waals surface area contributed by atoms with E-state index in [4.69, 9.17) is 16.6 Å². The van der Waals surface area contributed by atoms with Gasteiger partial charge in [0, 0.05) is 17.5 Å². The fourth-order valence-corrected chi connectivity index (χ4v) is 4.66. The number of alkyl halides is 3. The lowest BCUT2D eigenvalue weighted by Gasteiger charge is -2.30. The number of amides is 1. The highest BCUT2D eigenvalue weighted by molar-refractivity contribution is 6.33. The average Bonchev–Trinajstić information content (AvgIpc) is 3.04. The maximum atomic E-state index is 13.0. The van der Waals surface area contributed by atoms with Crippen LogP contribution in [0, 0.1) is 5.92 Å². The molecule has 4 nitrogen and oxygen atoms in total. The number of carbonyl (C=O) groups is 1. The van der Waals surface area contributed by atoms with Crippen LogP contribution >= 0.6 is 11.6 Å². The van der Waals surface area contributed by atoms with Gasteiger partial charge in [-0.1, -0.05) is 11.6 Å². The number of aromatic nitrogens is 1. The third kappa shape index (κ3) is 4.76. The third-order valence-electron chi connectivity index (χ3n) is 6.27. The number of hydrogen-bond acceptors (Lipinski definition) is 3. The monoisotopic (exact) mass is 449 g/mol. The quantitative estimate of drug-likeness (QED) is 0.756. The Morgan fingerprint density at radius 1 is 1.19 bits per heavy atom. The first-order valence-corrected chi connectivity index (χ1v) is 10.8. The molecule has 1 fully saturated rings. The number of pyridine rings is 1. The first-order valence-electron chi connectivity index (χ1n) is 10.4. The van der Waals surface area contributed by atoms with Crippen molar-refractivity contribution in [2.24, 2.45) is 10.9 Å². The molecule has 0 spiro atoms. The van der Waals surface area contributed by atoms with Crippen LogP contribution in [0.15, 0.2) is 41.5 Å². The topological polar surface area (TPSA) is 54.4 Å². The Bertz CT molecular complexity index is 1110. The van der Waals surface area contributed by atoms with Crippen molar-refractivity contribution in [2.45, 2.75) is 57.3 Å². The summed E-state index contributed by atoms with van der Waals surface area (Å²) in [5.74, 6) is -0.0700. The predicted molar refractivity (Wildman–Crippen MR) is 112 cm³/mol. The molecule has 2 heterocycles. The van der Waals surface area contributed by atoms with Gasteiger partial charge in [-0.2, -0.15) is 13.2 Å². The normalized spacial score (nSPS) is 23.3. The van der Waals surface area contributed by atoms with Crippen molar-refractivity contribution in [3.05, 3.63) is 63.4 Å². The maximum absolute atomic E-state index is 13.0. The maximum Gasteiger partial charge on any atom is 0.416 e. The molecular weight excluding hydrogens is 427 g/mol. The van der Waals surface area contributed by atoms with Gasteiger partial charge in [-0.15, -0.1) is 0 Å². The van der Waals surface area contributed by atoms with Gasteiger partial charge in [0.25, 0.3) is 5.91 Å². The zero-order valence-corrected chi connectivity index (χ0v) is 17.8. The Balaban J connectivity index is 1.34. The van der Waals surface area contributed by atoms with E-state index in [9.17, 15) is 18.0 Å². The molecule has 8 heteroatoms. The molecule has 1 atom stereocenters. The van der Waals surface area contributed by atoms with E-state index in [0.29, 0.717) is 5.92 Å². The van der Waals surface area contributed by atoms with Crippen LogP contribution in [0.4, 0.5) is 13.2 Å². The van der Waals surface area contributed by atoms with E-state index in [1.165, 1.54) is 5.57 Å². The Hall–Kier alpha value is -2.41. The van der Waals surface area contributed by atoms with Gasteiger partial charge in [-0.25, -0.2) is 4.98 Å². The summed E-state index contributed by atoms with van der Waals surface area (Å²) in [5, 5.41) is 3.99. The Morgan fingerprint density at radius 3 is 2.61 bits per heavy atom. The summed E-state index contributed by atoms with van der Waals surface area (Å²) >= 11 is 5.98. The van der Waals surface area contributed by atoms with Gasteiger partial charge in [-0.05, 0) is 80.9 Å². The summed E-state index contributed by atoms with van der Waals surface area (Å²) in [4.78, 5) is 21.6. The molecule has 1 unspecified atom stereocenters. The molecule has 4 rings (SSSR count). The number of fused-ring (bicyclic) bond motifs is 1. The van der Waals surface area contributed by atoms with Crippen LogP contribution in [0.5, 0.6) is 0 Å². The zero-order chi connectivity index (χ0) is 22.2. The van der Waals surface area contributed by atoms with E-state index >= 15 is 0 Å². The van der Waals surface area contributed by atoms with Crippen molar-refractivity contribution in [2.75, 3.05) is 0 Å². The van der Waals surface area contributed by atoms with Crippen LogP contribution in [0.3, 0.4) is 0 Å². The van der Waals surface area contributed by atoms with Crippen molar-refractivity contribution in [1.29, 1.82) is 0 Å². The molecule has 1 amide bonds. The lowest BCUT2D eigenvalue weighted by Crippen LogP contribution is -2.38. The molecule has 1 saturated carbocycles. The van der Waals surface area contributed by atoms with Gasteiger partial charge in [0.2, 0.25) is 0 Å². The van der Waals surface area contributed by atoms with Crippen LogP contribution < -0.4 is 16.0 Å². The largest absolute Gasteiger partial charge is 0.416 e. The van der Waals surface area contributed by atoms with E-state index < -0.39 is 17.6 Å². The van der Waals surface area contributed by atoms with Crippen molar-refractivity contribution >= 4 is 23.1 Å². The second kappa shape index (κ2) is 8.61. The fraction of sp³-hybridized carbons (Fsp3) is 0.435. The molecule has 0 saturated heterocycles. The molecule has 1 N–H and O–H groups in total. The second-order valence-electron chi connectivity index (χ2n) is 8.32. The van der Waals surface area contributed by atoms with Crippen molar-refractivity contribution < 1.29 is 18.0 Å². The minimum absolute atomic E-state index is 0.0150. The molecule has 2 aliphatic rings.